The number of rotatable bonds is 11. The Kier molecular flexibility index (Phi) is 11.6. The van der Waals surface area contributed by atoms with Crippen molar-refractivity contribution in [3.05, 3.63) is 0 Å². The molecule has 0 spiro atoms. The van der Waals surface area contributed by atoms with Gasteiger partial charge in [-0.2, -0.15) is 22.8 Å². The molecular formula is C13H29ClSSi. The van der Waals surface area contributed by atoms with Crippen LogP contribution in [-0.4, -0.2) is 19.4 Å². The second-order valence-corrected chi connectivity index (χ2v) is 13.3. The summed E-state index contributed by atoms with van der Waals surface area (Å²) >= 11 is 8.25. The Balaban J connectivity index is 2.99. The summed E-state index contributed by atoms with van der Waals surface area (Å²) in [6, 6.07) is 1.29. The fourth-order valence-corrected chi connectivity index (χ4v) is 3.84. The zero-order chi connectivity index (χ0) is 12.3. The third kappa shape index (κ3) is 14.9. The van der Waals surface area contributed by atoms with Crippen molar-refractivity contribution in [3.63, 3.8) is 0 Å². The molecule has 0 aromatic rings. The number of halogens is 1. The molecule has 0 aromatic carbocycles. The van der Waals surface area contributed by atoms with E-state index in [1.165, 1.54) is 63.2 Å². The van der Waals surface area contributed by atoms with Gasteiger partial charge < -0.3 is 0 Å². The third-order valence-electron chi connectivity index (χ3n) is 2.87. The number of hydrogen-bond acceptors (Lipinski definition) is 1. The van der Waals surface area contributed by atoms with E-state index in [9.17, 15) is 0 Å². The Labute approximate surface area is 113 Å². The summed E-state index contributed by atoms with van der Waals surface area (Å²) in [7, 11) is -1.28. The molecule has 0 aliphatic rings. The monoisotopic (exact) mass is 280 g/mol. The van der Waals surface area contributed by atoms with Crippen molar-refractivity contribution in [2.45, 2.75) is 70.5 Å². The van der Waals surface area contributed by atoms with Crippen LogP contribution in [0, 0.1) is 0 Å². The minimum absolute atomic E-state index is 1.28. The molecular weight excluding hydrogens is 252 g/mol. The summed E-state index contributed by atoms with van der Waals surface area (Å²) in [5.41, 5.74) is 0. The van der Waals surface area contributed by atoms with E-state index in [2.05, 4.69) is 19.3 Å². The Morgan fingerprint density at radius 2 is 1.25 bits per heavy atom. The van der Waals surface area contributed by atoms with Gasteiger partial charge in [0.15, 0.2) is 0 Å². The maximum absolute atomic E-state index is 6.28. The van der Waals surface area contributed by atoms with Crippen LogP contribution in [0.4, 0.5) is 0 Å². The van der Waals surface area contributed by atoms with Crippen LogP contribution >= 0.6 is 22.8 Å². The summed E-state index contributed by atoms with van der Waals surface area (Å²) in [5, 5.41) is 0. The molecule has 0 fully saturated rings. The minimum Gasteiger partial charge on any atom is -0.168 e. The first-order valence-electron chi connectivity index (χ1n) is 6.74. The van der Waals surface area contributed by atoms with Gasteiger partial charge in [0.05, 0.1) is 0 Å². The molecule has 0 aliphatic carbocycles. The predicted molar refractivity (Wildman–Crippen MR) is 83.5 cm³/mol. The molecule has 0 bridgehead atoms. The molecule has 0 atom stereocenters. The number of hydrogen-bond donors (Lipinski definition) is 0. The summed E-state index contributed by atoms with van der Waals surface area (Å²) in [6.45, 7) is 4.50. The Hall–Kier alpha value is 0.857. The van der Waals surface area contributed by atoms with Crippen LogP contribution in [0.2, 0.25) is 19.1 Å². The SMILES string of the molecule is CSCCCCCCCCCC[Si](C)(C)Cl. The molecule has 0 nitrogen and oxygen atoms in total. The first-order chi connectivity index (χ1) is 7.56. The van der Waals surface area contributed by atoms with E-state index in [4.69, 9.17) is 11.1 Å². The van der Waals surface area contributed by atoms with E-state index >= 15 is 0 Å². The Morgan fingerprint density at radius 3 is 1.69 bits per heavy atom. The van der Waals surface area contributed by atoms with Crippen LogP contribution in [0.3, 0.4) is 0 Å². The molecule has 0 aromatic heterocycles. The fourth-order valence-electron chi connectivity index (χ4n) is 1.85. The highest BCUT2D eigenvalue weighted by molar-refractivity contribution is 7.98. The standard InChI is InChI=1S/C13H29ClSSi/c1-15-12-10-8-6-4-5-7-9-11-13-16(2,3)14/h4-13H2,1-3H3. The molecule has 0 aliphatic heterocycles. The van der Waals surface area contributed by atoms with Crippen LogP contribution in [0.25, 0.3) is 0 Å². The summed E-state index contributed by atoms with van der Waals surface area (Å²) in [6.07, 6.45) is 13.5. The second-order valence-electron chi connectivity index (χ2n) is 5.29. The lowest BCUT2D eigenvalue weighted by molar-refractivity contribution is 0.585. The van der Waals surface area contributed by atoms with Crippen molar-refractivity contribution < 1.29 is 0 Å². The summed E-state index contributed by atoms with van der Waals surface area (Å²) in [5.74, 6) is 1.34. The molecule has 16 heavy (non-hydrogen) atoms. The van der Waals surface area contributed by atoms with E-state index in [1.807, 2.05) is 11.8 Å². The van der Waals surface area contributed by atoms with Gasteiger partial charge in [-0.15, -0.1) is 0 Å². The normalized spacial score (nSPS) is 12.0. The summed E-state index contributed by atoms with van der Waals surface area (Å²) < 4.78 is 0. The predicted octanol–water partition coefficient (Wildman–Crippen LogP) is 5.91. The lowest BCUT2D eigenvalue weighted by Crippen LogP contribution is -2.14. The van der Waals surface area contributed by atoms with Crippen LogP contribution < -0.4 is 0 Å². The topological polar surface area (TPSA) is 0 Å². The maximum atomic E-state index is 6.28. The number of unbranched alkanes of at least 4 members (excludes halogenated alkanes) is 7. The molecule has 0 rings (SSSR count). The van der Waals surface area contributed by atoms with Crippen LogP contribution in [0.15, 0.2) is 0 Å². The van der Waals surface area contributed by atoms with E-state index < -0.39 is 7.38 Å². The zero-order valence-electron chi connectivity index (χ0n) is 11.4. The molecule has 3 heteroatoms. The first-order valence-corrected chi connectivity index (χ1v) is 12.4. The lowest BCUT2D eigenvalue weighted by atomic mass is 10.1. The largest absolute Gasteiger partial charge is 0.168 e. The molecule has 0 N–H and O–H groups in total. The zero-order valence-corrected chi connectivity index (χ0v) is 13.9. The average molecular weight is 281 g/mol. The molecule has 0 amide bonds. The highest BCUT2D eigenvalue weighted by atomic mass is 35.6. The maximum Gasteiger partial charge on any atom is 0.150 e. The quantitative estimate of drug-likeness (QED) is 0.257. The van der Waals surface area contributed by atoms with Gasteiger partial charge in [-0.3, -0.25) is 0 Å². The van der Waals surface area contributed by atoms with Crippen molar-refractivity contribution in [2.75, 3.05) is 12.0 Å². The van der Waals surface area contributed by atoms with Gasteiger partial charge in [0.2, 0.25) is 0 Å². The van der Waals surface area contributed by atoms with Gasteiger partial charge in [-0.1, -0.05) is 58.0 Å². The van der Waals surface area contributed by atoms with Crippen molar-refractivity contribution in [2.24, 2.45) is 0 Å². The number of thioether (sulfide) groups is 1. The van der Waals surface area contributed by atoms with Crippen LogP contribution in [0.1, 0.15) is 51.4 Å². The highest BCUT2D eigenvalue weighted by Gasteiger charge is 2.15. The second kappa shape index (κ2) is 11.0. The lowest BCUT2D eigenvalue weighted by Gasteiger charge is -2.11. The Bertz CT molecular complexity index is 145. The van der Waals surface area contributed by atoms with Gasteiger partial charge in [0, 0.05) is 0 Å². The van der Waals surface area contributed by atoms with E-state index in [0.717, 1.165) is 0 Å². The van der Waals surface area contributed by atoms with E-state index in [1.54, 1.807) is 0 Å². The smallest absolute Gasteiger partial charge is 0.150 e. The fraction of sp³-hybridized carbons (Fsp3) is 1.00. The molecule has 98 valence electrons. The minimum atomic E-state index is -1.28. The Morgan fingerprint density at radius 1 is 0.812 bits per heavy atom. The molecule has 0 saturated carbocycles. The van der Waals surface area contributed by atoms with Crippen molar-refractivity contribution in [3.8, 4) is 0 Å². The van der Waals surface area contributed by atoms with Gasteiger partial charge in [0.1, 0.15) is 7.38 Å². The van der Waals surface area contributed by atoms with Gasteiger partial charge in [-0.25, -0.2) is 0 Å². The summed E-state index contributed by atoms with van der Waals surface area (Å²) in [4.78, 5) is 0. The molecule has 0 radical (unpaired) electrons. The highest BCUT2D eigenvalue weighted by Crippen LogP contribution is 2.19. The van der Waals surface area contributed by atoms with Crippen molar-refractivity contribution >= 4 is 30.2 Å². The van der Waals surface area contributed by atoms with Crippen LogP contribution in [0.5, 0.6) is 0 Å². The van der Waals surface area contributed by atoms with Crippen LogP contribution in [-0.2, 0) is 0 Å². The molecule has 0 unspecified atom stereocenters. The van der Waals surface area contributed by atoms with Gasteiger partial charge >= 0.3 is 0 Å². The van der Waals surface area contributed by atoms with Gasteiger partial charge in [0.25, 0.3) is 0 Å². The molecule has 0 saturated heterocycles. The first kappa shape index (κ1) is 16.9. The van der Waals surface area contributed by atoms with Crippen molar-refractivity contribution in [1.82, 2.24) is 0 Å². The van der Waals surface area contributed by atoms with Gasteiger partial charge in [-0.05, 0) is 24.5 Å². The van der Waals surface area contributed by atoms with Crippen molar-refractivity contribution in [1.29, 1.82) is 0 Å². The van der Waals surface area contributed by atoms with E-state index in [-0.39, 0.29) is 0 Å². The third-order valence-corrected chi connectivity index (χ3v) is 5.68. The van der Waals surface area contributed by atoms with E-state index in [0.29, 0.717) is 0 Å². The average Bonchev–Trinajstić information content (AvgIpc) is 2.19. The molecule has 0 heterocycles.